The molecule has 0 saturated carbocycles. The first-order valence-corrected chi connectivity index (χ1v) is 7.83. The summed E-state index contributed by atoms with van der Waals surface area (Å²) in [6.45, 7) is 5.99. The molecule has 19 heavy (non-hydrogen) atoms. The molecule has 0 aromatic heterocycles. The molecule has 2 rings (SSSR count). The predicted molar refractivity (Wildman–Crippen MR) is 72.5 cm³/mol. The first-order chi connectivity index (χ1) is 8.78. The van der Waals surface area contributed by atoms with Crippen LogP contribution >= 0.6 is 0 Å². The van der Waals surface area contributed by atoms with E-state index in [9.17, 15) is 8.42 Å². The summed E-state index contributed by atoms with van der Waals surface area (Å²) >= 11 is 0. The molecule has 0 spiro atoms. The van der Waals surface area contributed by atoms with Crippen molar-refractivity contribution < 1.29 is 17.3 Å². The second-order valence-corrected chi connectivity index (χ2v) is 7.21. The molecule has 4 nitrogen and oxygen atoms in total. The molecular formula is C14H20O4S. The van der Waals surface area contributed by atoms with Crippen LogP contribution in [-0.4, -0.2) is 26.7 Å². The fourth-order valence-electron chi connectivity index (χ4n) is 2.13. The van der Waals surface area contributed by atoms with Crippen LogP contribution in [0, 0.1) is 6.92 Å². The minimum Gasteiger partial charge on any atom is -0.370 e. The van der Waals surface area contributed by atoms with Crippen molar-refractivity contribution in [2.45, 2.75) is 50.2 Å². The van der Waals surface area contributed by atoms with Crippen molar-refractivity contribution in [1.82, 2.24) is 0 Å². The van der Waals surface area contributed by atoms with Crippen LogP contribution < -0.4 is 0 Å². The van der Waals surface area contributed by atoms with Crippen molar-refractivity contribution in [3.05, 3.63) is 29.8 Å². The molecule has 1 aromatic rings. The SMILES string of the molecule is Cc1ccc(S(=O)(=O)OCC2CCC(C)(C)O2)cc1. The number of rotatable bonds is 4. The van der Waals surface area contributed by atoms with Crippen molar-refractivity contribution in [2.24, 2.45) is 0 Å². The Balaban J connectivity index is 1.97. The lowest BCUT2D eigenvalue weighted by Crippen LogP contribution is -2.24. The van der Waals surface area contributed by atoms with Crippen LogP contribution in [0.4, 0.5) is 0 Å². The Bertz CT molecular complexity index is 531. The van der Waals surface area contributed by atoms with E-state index in [1.54, 1.807) is 24.3 Å². The van der Waals surface area contributed by atoms with Gasteiger partial charge in [0, 0.05) is 0 Å². The zero-order chi connectivity index (χ0) is 14.1. The summed E-state index contributed by atoms with van der Waals surface area (Å²) in [6, 6.07) is 6.63. The van der Waals surface area contributed by atoms with Gasteiger partial charge in [0.1, 0.15) is 0 Å². The van der Waals surface area contributed by atoms with E-state index in [-0.39, 0.29) is 23.2 Å². The third-order valence-electron chi connectivity index (χ3n) is 3.27. The molecule has 1 fully saturated rings. The van der Waals surface area contributed by atoms with Crippen LogP contribution in [0.5, 0.6) is 0 Å². The molecule has 1 aromatic carbocycles. The summed E-state index contributed by atoms with van der Waals surface area (Å²) < 4.78 is 34.8. The summed E-state index contributed by atoms with van der Waals surface area (Å²) in [4.78, 5) is 0.190. The van der Waals surface area contributed by atoms with Crippen LogP contribution in [-0.2, 0) is 19.0 Å². The van der Waals surface area contributed by atoms with Gasteiger partial charge in [-0.05, 0) is 45.7 Å². The summed E-state index contributed by atoms with van der Waals surface area (Å²) in [6.07, 6.45) is 1.61. The van der Waals surface area contributed by atoms with Crippen LogP contribution in [0.15, 0.2) is 29.2 Å². The van der Waals surface area contributed by atoms with Gasteiger partial charge in [-0.1, -0.05) is 17.7 Å². The van der Waals surface area contributed by atoms with E-state index < -0.39 is 10.1 Å². The van der Waals surface area contributed by atoms with Crippen molar-refractivity contribution in [3.8, 4) is 0 Å². The molecule has 1 heterocycles. The topological polar surface area (TPSA) is 52.6 Å². The van der Waals surface area contributed by atoms with E-state index in [0.29, 0.717) is 0 Å². The minimum absolute atomic E-state index is 0.0830. The molecule has 0 radical (unpaired) electrons. The van der Waals surface area contributed by atoms with Gasteiger partial charge in [0.05, 0.1) is 23.2 Å². The molecule has 1 atom stereocenters. The number of hydrogen-bond donors (Lipinski definition) is 0. The molecule has 1 aliphatic rings. The summed E-state index contributed by atoms with van der Waals surface area (Å²) in [5.41, 5.74) is 0.835. The molecule has 1 aliphatic heterocycles. The zero-order valence-electron chi connectivity index (χ0n) is 11.5. The smallest absolute Gasteiger partial charge is 0.297 e. The summed E-state index contributed by atoms with van der Waals surface area (Å²) in [7, 11) is -3.68. The first-order valence-electron chi connectivity index (χ1n) is 6.42. The zero-order valence-corrected chi connectivity index (χ0v) is 12.4. The molecule has 106 valence electrons. The van der Waals surface area contributed by atoms with Crippen LogP contribution in [0.25, 0.3) is 0 Å². The normalized spacial score (nSPS) is 22.6. The summed E-state index contributed by atoms with van der Waals surface area (Å²) in [5.74, 6) is 0. The Labute approximate surface area is 114 Å². The van der Waals surface area contributed by atoms with Gasteiger partial charge in [-0.25, -0.2) is 0 Å². The number of aryl methyl sites for hydroxylation is 1. The second-order valence-electron chi connectivity index (χ2n) is 5.59. The van der Waals surface area contributed by atoms with Gasteiger partial charge in [0.2, 0.25) is 0 Å². The molecule has 0 amide bonds. The maximum atomic E-state index is 12.0. The highest BCUT2D eigenvalue weighted by molar-refractivity contribution is 7.86. The fourth-order valence-corrected chi connectivity index (χ4v) is 3.07. The standard InChI is InChI=1S/C14H20O4S/c1-11-4-6-13(7-5-11)19(15,16)17-10-12-8-9-14(2,3)18-12/h4-7,12H,8-10H2,1-3H3. The van der Waals surface area contributed by atoms with E-state index in [4.69, 9.17) is 8.92 Å². The average Bonchev–Trinajstić information content (AvgIpc) is 2.67. The van der Waals surface area contributed by atoms with E-state index in [2.05, 4.69) is 0 Å². The first kappa shape index (κ1) is 14.5. The number of hydrogen-bond acceptors (Lipinski definition) is 4. The molecule has 0 aliphatic carbocycles. The van der Waals surface area contributed by atoms with Gasteiger partial charge < -0.3 is 4.74 Å². The van der Waals surface area contributed by atoms with Crippen LogP contribution in [0.1, 0.15) is 32.3 Å². The molecule has 0 bridgehead atoms. The predicted octanol–water partition coefficient (Wildman–Crippen LogP) is 2.66. The monoisotopic (exact) mass is 284 g/mol. The highest BCUT2D eigenvalue weighted by atomic mass is 32.2. The third kappa shape index (κ3) is 3.78. The second kappa shape index (κ2) is 5.23. The Morgan fingerprint density at radius 1 is 1.32 bits per heavy atom. The Morgan fingerprint density at radius 2 is 1.95 bits per heavy atom. The lowest BCUT2D eigenvalue weighted by Gasteiger charge is -2.19. The minimum atomic E-state index is -3.68. The lowest BCUT2D eigenvalue weighted by molar-refractivity contribution is -0.0318. The van der Waals surface area contributed by atoms with Crippen molar-refractivity contribution in [2.75, 3.05) is 6.61 Å². The molecule has 5 heteroatoms. The Morgan fingerprint density at radius 3 is 2.47 bits per heavy atom. The van der Waals surface area contributed by atoms with Gasteiger partial charge in [-0.15, -0.1) is 0 Å². The lowest BCUT2D eigenvalue weighted by atomic mass is 10.1. The van der Waals surface area contributed by atoms with E-state index in [1.807, 2.05) is 20.8 Å². The number of ether oxygens (including phenoxy) is 1. The van der Waals surface area contributed by atoms with Gasteiger partial charge in [0.25, 0.3) is 10.1 Å². The van der Waals surface area contributed by atoms with Crippen molar-refractivity contribution >= 4 is 10.1 Å². The molecule has 0 N–H and O–H groups in total. The van der Waals surface area contributed by atoms with Crippen LogP contribution in [0.2, 0.25) is 0 Å². The summed E-state index contributed by atoms with van der Waals surface area (Å²) in [5, 5.41) is 0. The van der Waals surface area contributed by atoms with E-state index in [0.717, 1.165) is 18.4 Å². The quantitative estimate of drug-likeness (QED) is 0.798. The van der Waals surface area contributed by atoms with Gasteiger partial charge in [-0.2, -0.15) is 8.42 Å². The highest BCUT2D eigenvalue weighted by Gasteiger charge is 2.32. The molecule has 1 saturated heterocycles. The average molecular weight is 284 g/mol. The molecular weight excluding hydrogens is 264 g/mol. The maximum Gasteiger partial charge on any atom is 0.297 e. The van der Waals surface area contributed by atoms with E-state index >= 15 is 0 Å². The third-order valence-corrected chi connectivity index (χ3v) is 4.57. The van der Waals surface area contributed by atoms with Crippen LogP contribution in [0.3, 0.4) is 0 Å². The van der Waals surface area contributed by atoms with E-state index in [1.165, 1.54) is 0 Å². The molecule has 1 unspecified atom stereocenters. The highest BCUT2D eigenvalue weighted by Crippen LogP contribution is 2.29. The van der Waals surface area contributed by atoms with Gasteiger partial charge in [0.15, 0.2) is 0 Å². The Hall–Kier alpha value is -0.910. The largest absolute Gasteiger partial charge is 0.370 e. The Kier molecular flexibility index (Phi) is 3.99. The van der Waals surface area contributed by atoms with Gasteiger partial charge >= 0.3 is 0 Å². The fraction of sp³-hybridized carbons (Fsp3) is 0.571. The number of benzene rings is 1. The van der Waals surface area contributed by atoms with Gasteiger partial charge in [-0.3, -0.25) is 4.18 Å². The van der Waals surface area contributed by atoms with Crippen molar-refractivity contribution in [1.29, 1.82) is 0 Å². The maximum absolute atomic E-state index is 12.0. The van der Waals surface area contributed by atoms with Crippen molar-refractivity contribution in [3.63, 3.8) is 0 Å².